The zero-order chi connectivity index (χ0) is 15.8. The highest BCUT2D eigenvalue weighted by Crippen LogP contribution is 2.24. The van der Waals surface area contributed by atoms with E-state index >= 15 is 0 Å². The summed E-state index contributed by atoms with van der Waals surface area (Å²) in [4.78, 5) is 8.41. The van der Waals surface area contributed by atoms with E-state index in [0.29, 0.717) is 34.7 Å². The van der Waals surface area contributed by atoms with Crippen molar-refractivity contribution in [1.29, 1.82) is 0 Å². The van der Waals surface area contributed by atoms with E-state index in [0.717, 1.165) is 0 Å². The van der Waals surface area contributed by atoms with Gasteiger partial charge in [0.25, 0.3) is 0 Å². The Morgan fingerprint density at radius 1 is 1.22 bits per heavy atom. The molecule has 4 rings (SSSR count). The Balaban J connectivity index is 1.77. The lowest BCUT2D eigenvalue weighted by Gasteiger charge is -2.04. The number of hydrogen-bond acceptors (Lipinski definition) is 6. The molecule has 114 valence electrons. The third-order valence-electron chi connectivity index (χ3n) is 3.45. The van der Waals surface area contributed by atoms with Crippen molar-refractivity contribution in [2.75, 3.05) is 5.73 Å². The van der Waals surface area contributed by atoms with E-state index in [2.05, 4.69) is 20.3 Å². The number of hydrogen-bond donors (Lipinski definition) is 1. The molecule has 0 aliphatic carbocycles. The Labute approximate surface area is 129 Å². The van der Waals surface area contributed by atoms with Gasteiger partial charge in [-0.25, -0.2) is 19.0 Å². The maximum atomic E-state index is 13.6. The van der Waals surface area contributed by atoms with E-state index in [4.69, 9.17) is 10.2 Å². The summed E-state index contributed by atoms with van der Waals surface area (Å²) in [6, 6.07) is 8.19. The molecule has 0 saturated carbocycles. The number of nitrogens with two attached hydrogens (primary N) is 1. The zero-order valence-electron chi connectivity index (χ0n) is 11.8. The fourth-order valence-electron chi connectivity index (χ4n) is 2.33. The predicted molar refractivity (Wildman–Crippen MR) is 80.7 cm³/mol. The number of anilines is 1. The summed E-state index contributed by atoms with van der Waals surface area (Å²) in [7, 11) is 0. The van der Waals surface area contributed by atoms with Gasteiger partial charge in [-0.2, -0.15) is 0 Å². The maximum Gasteiger partial charge on any atom is 0.182 e. The SMILES string of the molecule is Nc1ccc(Cn2nnc3c(-c4ccco4)ncnc32)cc1F. The van der Waals surface area contributed by atoms with E-state index < -0.39 is 5.82 Å². The first-order valence-electron chi connectivity index (χ1n) is 6.84. The quantitative estimate of drug-likeness (QED) is 0.583. The topological polar surface area (TPSA) is 95.7 Å². The molecule has 1 aromatic carbocycles. The molecule has 0 aliphatic heterocycles. The van der Waals surface area contributed by atoms with Gasteiger partial charge >= 0.3 is 0 Å². The van der Waals surface area contributed by atoms with Gasteiger partial charge in [-0.05, 0) is 29.8 Å². The van der Waals surface area contributed by atoms with Gasteiger partial charge in [-0.15, -0.1) is 5.10 Å². The molecule has 0 amide bonds. The van der Waals surface area contributed by atoms with Gasteiger partial charge < -0.3 is 10.2 Å². The van der Waals surface area contributed by atoms with E-state index in [1.54, 1.807) is 29.1 Å². The summed E-state index contributed by atoms with van der Waals surface area (Å²) in [6.07, 6.45) is 2.98. The molecule has 0 unspecified atom stereocenters. The van der Waals surface area contributed by atoms with Crippen molar-refractivity contribution in [3.8, 4) is 11.5 Å². The molecule has 3 aromatic heterocycles. The van der Waals surface area contributed by atoms with Crippen molar-refractivity contribution in [1.82, 2.24) is 25.0 Å². The molecule has 0 saturated heterocycles. The van der Waals surface area contributed by atoms with Gasteiger partial charge in [0.05, 0.1) is 18.5 Å². The van der Waals surface area contributed by atoms with Crippen LogP contribution in [-0.4, -0.2) is 25.0 Å². The average Bonchev–Trinajstić information content (AvgIpc) is 3.21. The smallest absolute Gasteiger partial charge is 0.182 e. The summed E-state index contributed by atoms with van der Waals surface area (Å²) in [5.41, 5.74) is 7.94. The van der Waals surface area contributed by atoms with Crippen LogP contribution in [0.3, 0.4) is 0 Å². The Bertz CT molecular complexity index is 979. The highest BCUT2D eigenvalue weighted by Gasteiger charge is 2.15. The van der Waals surface area contributed by atoms with Crippen molar-refractivity contribution >= 4 is 16.9 Å². The summed E-state index contributed by atoms with van der Waals surface area (Å²) in [6.45, 7) is 0.322. The molecule has 0 atom stereocenters. The monoisotopic (exact) mass is 310 g/mol. The fourth-order valence-corrected chi connectivity index (χ4v) is 2.33. The predicted octanol–water partition coefficient (Wildman–Crippen LogP) is 2.25. The Morgan fingerprint density at radius 3 is 2.91 bits per heavy atom. The second kappa shape index (κ2) is 5.16. The normalized spacial score (nSPS) is 11.2. The molecule has 4 aromatic rings. The van der Waals surface area contributed by atoms with Gasteiger partial charge in [0.15, 0.2) is 16.9 Å². The lowest BCUT2D eigenvalue weighted by atomic mass is 10.2. The molecule has 2 N–H and O–H groups in total. The van der Waals surface area contributed by atoms with Crippen molar-refractivity contribution in [2.45, 2.75) is 6.54 Å². The number of rotatable bonds is 3. The number of fused-ring (bicyclic) bond motifs is 1. The molecular formula is C15H11FN6O. The Morgan fingerprint density at radius 2 is 2.13 bits per heavy atom. The molecule has 0 spiro atoms. The molecule has 0 bridgehead atoms. The summed E-state index contributed by atoms with van der Waals surface area (Å²) in [5.74, 6) is 0.126. The molecule has 0 fully saturated rings. The number of furan rings is 1. The number of aromatic nitrogens is 5. The van der Waals surface area contributed by atoms with Crippen molar-refractivity contribution in [3.63, 3.8) is 0 Å². The Kier molecular flexibility index (Phi) is 3.00. The first-order chi connectivity index (χ1) is 11.2. The van der Waals surface area contributed by atoms with Gasteiger partial charge in [-0.1, -0.05) is 11.3 Å². The van der Waals surface area contributed by atoms with Crippen molar-refractivity contribution < 1.29 is 8.81 Å². The summed E-state index contributed by atoms with van der Waals surface area (Å²) in [5, 5.41) is 8.20. The van der Waals surface area contributed by atoms with Crippen LogP contribution in [0, 0.1) is 5.82 Å². The van der Waals surface area contributed by atoms with Gasteiger partial charge in [0, 0.05) is 0 Å². The fraction of sp³-hybridized carbons (Fsp3) is 0.0667. The first-order valence-corrected chi connectivity index (χ1v) is 6.84. The highest BCUT2D eigenvalue weighted by atomic mass is 19.1. The molecule has 23 heavy (non-hydrogen) atoms. The second-order valence-corrected chi connectivity index (χ2v) is 4.97. The van der Waals surface area contributed by atoms with Crippen LogP contribution in [0.4, 0.5) is 10.1 Å². The lowest BCUT2D eigenvalue weighted by Crippen LogP contribution is -2.04. The second-order valence-electron chi connectivity index (χ2n) is 4.97. The number of halogens is 1. The van der Waals surface area contributed by atoms with Gasteiger partial charge in [-0.3, -0.25) is 0 Å². The van der Waals surface area contributed by atoms with Crippen molar-refractivity contribution in [2.24, 2.45) is 0 Å². The molecular weight excluding hydrogens is 299 g/mol. The largest absolute Gasteiger partial charge is 0.463 e. The zero-order valence-corrected chi connectivity index (χ0v) is 11.8. The lowest BCUT2D eigenvalue weighted by molar-refractivity contribution is 0.580. The van der Waals surface area contributed by atoms with Gasteiger partial charge in [0.1, 0.15) is 17.8 Å². The van der Waals surface area contributed by atoms with E-state index in [-0.39, 0.29) is 5.69 Å². The summed E-state index contributed by atoms with van der Waals surface area (Å²) >= 11 is 0. The van der Waals surface area contributed by atoms with E-state index in [1.165, 1.54) is 18.5 Å². The number of benzene rings is 1. The third-order valence-corrected chi connectivity index (χ3v) is 3.45. The first kappa shape index (κ1) is 13.4. The van der Waals surface area contributed by atoms with Crippen LogP contribution in [0.5, 0.6) is 0 Å². The maximum absolute atomic E-state index is 13.6. The third kappa shape index (κ3) is 2.30. The standard InChI is InChI=1S/C15H11FN6O/c16-10-6-9(3-4-11(10)17)7-22-15-14(20-21-22)13(18-8-19-15)12-2-1-5-23-12/h1-6,8H,7,17H2. The number of nitrogen functional groups attached to an aromatic ring is 1. The van der Waals surface area contributed by atoms with Crippen LogP contribution in [0.25, 0.3) is 22.6 Å². The van der Waals surface area contributed by atoms with Crippen LogP contribution >= 0.6 is 0 Å². The van der Waals surface area contributed by atoms with E-state index in [1.807, 2.05) is 0 Å². The molecule has 3 heterocycles. The Hall–Kier alpha value is -3.29. The highest BCUT2D eigenvalue weighted by molar-refractivity contribution is 5.84. The molecule has 7 nitrogen and oxygen atoms in total. The molecule has 0 radical (unpaired) electrons. The molecule has 0 aliphatic rings. The van der Waals surface area contributed by atoms with Crippen LogP contribution < -0.4 is 5.73 Å². The summed E-state index contributed by atoms with van der Waals surface area (Å²) < 4.78 is 20.5. The minimum absolute atomic E-state index is 0.111. The van der Waals surface area contributed by atoms with Crippen LogP contribution in [0.1, 0.15) is 5.56 Å². The van der Waals surface area contributed by atoms with Crippen LogP contribution in [-0.2, 0) is 6.54 Å². The molecule has 8 heteroatoms. The minimum atomic E-state index is -0.460. The van der Waals surface area contributed by atoms with Crippen LogP contribution in [0.15, 0.2) is 47.3 Å². The minimum Gasteiger partial charge on any atom is -0.463 e. The average molecular weight is 310 g/mol. The van der Waals surface area contributed by atoms with Crippen LogP contribution in [0.2, 0.25) is 0 Å². The van der Waals surface area contributed by atoms with Crippen molar-refractivity contribution in [3.05, 3.63) is 54.3 Å². The van der Waals surface area contributed by atoms with E-state index in [9.17, 15) is 4.39 Å². The number of nitrogens with zero attached hydrogens (tertiary/aromatic N) is 5. The van der Waals surface area contributed by atoms with Gasteiger partial charge in [0.2, 0.25) is 0 Å².